The number of methoxy groups -OCH3 is 2. The number of benzene rings is 2. The first-order valence-corrected chi connectivity index (χ1v) is 17.1. The molecule has 1 fully saturated rings. The number of carbonyl (C=O) groups is 1. The Hall–Kier alpha value is -4.65. The molecule has 0 bridgehead atoms. The van der Waals surface area contributed by atoms with Crippen LogP contribution in [0.1, 0.15) is 58.9 Å². The van der Waals surface area contributed by atoms with E-state index >= 15 is 0 Å². The summed E-state index contributed by atoms with van der Waals surface area (Å²) in [6.45, 7) is 7.63. The minimum Gasteiger partial charge on any atom is -0.495 e. The van der Waals surface area contributed by atoms with Crippen LogP contribution in [0.3, 0.4) is 0 Å². The molecule has 2 aromatic carbocycles. The Morgan fingerprint density at radius 1 is 0.957 bits per heavy atom. The maximum Gasteiger partial charge on any atom is 0.407 e. The van der Waals surface area contributed by atoms with E-state index in [4.69, 9.17) is 19.2 Å². The van der Waals surface area contributed by atoms with Gasteiger partial charge < -0.3 is 24.8 Å². The zero-order valence-corrected chi connectivity index (χ0v) is 28.4. The minimum absolute atomic E-state index is 0.00575. The molecule has 0 aliphatic heterocycles. The second kappa shape index (κ2) is 14.0. The third kappa shape index (κ3) is 8.20. The summed E-state index contributed by atoms with van der Waals surface area (Å²) >= 11 is 0. The van der Waals surface area contributed by atoms with Crippen molar-refractivity contribution in [1.82, 2.24) is 20.3 Å². The van der Waals surface area contributed by atoms with Crippen LogP contribution in [-0.2, 0) is 21.2 Å². The summed E-state index contributed by atoms with van der Waals surface area (Å²) < 4.78 is 45.0. The SMILES string of the molecule is CCc1cc(-c2ccc(NS(=O)(=O)c3ccccc3OC)nc2OC)cc2cnc(NC3CCC(NC(=O)OC(C)(C)C)CC3)nc12. The number of pyridine rings is 1. The van der Waals surface area contributed by atoms with Crippen LogP contribution in [0, 0.1) is 0 Å². The summed E-state index contributed by atoms with van der Waals surface area (Å²) in [5, 5.41) is 7.33. The quantitative estimate of drug-likeness (QED) is 0.176. The number of hydrogen-bond donors (Lipinski definition) is 3. The lowest BCUT2D eigenvalue weighted by molar-refractivity contribution is 0.0492. The van der Waals surface area contributed by atoms with Crippen LogP contribution < -0.4 is 24.8 Å². The molecular weight excluding hydrogens is 620 g/mol. The van der Waals surface area contributed by atoms with Gasteiger partial charge in [-0.05, 0) is 100 Å². The smallest absolute Gasteiger partial charge is 0.407 e. The van der Waals surface area contributed by atoms with Crippen LogP contribution in [0.15, 0.2) is 59.6 Å². The molecule has 13 heteroatoms. The molecule has 2 aromatic heterocycles. The van der Waals surface area contributed by atoms with Crippen LogP contribution >= 0.6 is 0 Å². The number of hydrogen-bond acceptors (Lipinski definition) is 10. The Morgan fingerprint density at radius 3 is 2.36 bits per heavy atom. The van der Waals surface area contributed by atoms with Crippen molar-refractivity contribution >= 4 is 38.8 Å². The lowest BCUT2D eigenvalue weighted by Crippen LogP contribution is -2.42. The van der Waals surface area contributed by atoms with E-state index in [1.54, 1.807) is 36.5 Å². The molecule has 5 rings (SSSR count). The van der Waals surface area contributed by atoms with Gasteiger partial charge in [-0.15, -0.1) is 0 Å². The molecule has 0 radical (unpaired) electrons. The minimum atomic E-state index is -3.96. The fourth-order valence-electron chi connectivity index (χ4n) is 5.66. The Kier molecular flexibility index (Phi) is 10.0. The van der Waals surface area contributed by atoms with E-state index in [2.05, 4.69) is 32.2 Å². The molecule has 1 aliphatic carbocycles. The van der Waals surface area contributed by atoms with Gasteiger partial charge in [0.25, 0.3) is 10.0 Å². The molecule has 0 spiro atoms. The molecule has 0 unspecified atom stereocenters. The maximum absolute atomic E-state index is 13.1. The number of fused-ring (bicyclic) bond motifs is 1. The Labute approximate surface area is 275 Å². The van der Waals surface area contributed by atoms with Gasteiger partial charge in [-0.3, -0.25) is 4.72 Å². The van der Waals surface area contributed by atoms with Crippen molar-refractivity contribution in [2.24, 2.45) is 0 Å². The van der Waals surface area contributed by atoms with Gasteiger partial charge in [-0.1, -0.05) is 19.1 Å². The first kappa shape index (κ1) is 33.7. The normalized spacial score (nSPS) is 16.7. The number of nitrogens with zero attached hydrogens (tertiary/aromatic N) is 3. The lowest BCUT2D eigenvalue weighted by atomic mass is 9.91. The second-order valence-electron chi connectivity index (χ2n) is 12.5. The zero-order chi connectivity index (χ0) is 33.8. The van der Waals surface area contributed by atoms with Crippen molar-refractivity contribution in [3.8, 4) is 22.8 Å². The van der Waals surface area contributed by atoms with Crippen LogP contribution in [0.2, 0.25) is 0 Å². The summed E-state index contributed by atoms with van der Waals surface area (Å²) in [7, 11) is -1.05. The van der Waals surface area contributed by atoms with E-state index in [1.165, 1.54) is 20.3 Å². The topological polar surface area (TPSA) is 154 Å². The van der Waals surface area contributed by atoms with Crippen molar-refractivity contribution in [3.63, 3.8) is 0 Å². The highest BCUT2D eigenvalue weighted by atomic mass is 32.2. The largest absolute Gasteiger partial charge is 0.495 e. The van der Waals surface area contributed by atoms with E-state index in [0.29, 0.717) is 11.5 Å². The molecule has 0 atom stereocenters. The molecule has 3 N–H and O–H groups in total. The average molecular weight is 663 g/mol. The predicted molar refractivity (Wildman–Crippen MR) is 182 cm³/mol. The van der Waals surface area contributed by atoms with Gasteiger partial charge in [-0.2, -0.15) is 4.98 Å². The standard InChI is InChI=1S/C34H42N6O6S/c1-7-21-18-22(26-16-17-29(38-31(26)45-6)40-47(42,43)28-11-9-8-10-27(28)44-5)19-23-20-35-32(39-30(21)23)36-24-12-14-25(15-13-24)37-33(41)46-34(2,3)4/h8-11,16-20,24-25H,7,12-15H2,1-6H3,(H,37,41)(H,38,40)(H,35,36,39). The Bertz CT molecular complexity index is 1850. The molecule has 1 amide bonds. The highest BCUT2D eigenvalue weighted by Gasteiger charge is 2.26. The summed E-state index contributed by atoms with van der Waals surface area (Å²) in [5.74, 6) is 1.17. The monoisotopic (exact) mass is 662 g/mol. The lowest BCUT2D eigenvalue weighted by Gasteiger charge is -2.30. The van der Waals surface area contributed by atoms with E-state index in [9.17, 15) is 13.2 Å². The fourth-order valence-corrected chi connectivity index (χ4v) is 6.83. The molecule has 4 aromatic rings. The van der Waals surface area contributed by atoms with Gasteiger partial charge in [0, 0.05) is 29.2 Å². The molecule has 12 nitrogen and oxygen atoms in total. The van der Waals surface area contributed by atoms with E-state index < -0.39 is 15.6 Å². The van der Waals surface area contributed by atoms with Gasteiger partial charge in [0.1, 0.15) is 22.1 Å². The number of ether oxygens (including phenoxy) is 3. The van der Waals surface area contributed by atoms with Gasteiger partial charge in [0.2, 0.25) is 11.8 Å². The molecular formula is C34H42N6O6S. The first-order valence-electron chi connectivity index (χ1n) is 15.7. The second-order valence-corrected chi connectivity index (χ2v) is 14.1. The number of amides is 1. The number of carbonyl (C=O) groups excluding carboxylic acids is 1. The van der Waals surface area contributed by atoms with Crippen molar-refractivity contribution in [3.05, 3.63) is 60.3 Å². The van der Waals surface area contributed by atoms with Gasteiger partial charge in [-0.25, -0.2) is 23.2 Å². The molecule has 1 saturated carbocycles. The van der Waals surface area contributed by atoms with Crippen LogP contribution in [0.5, 0.6) is 11.6 Å². The zero-order valence-electron chi connectivity index (χ0n) is 27.6. The average Bonchev–Trinajstić information content (AvgIpc) is 3.04. The number of aromatic nitrogens is 3. The van der Waals surface area contributed by atoms with Crippen molar-refractivity contribution in [2.45, 2.75) is 82.4 Å². The predicted octanol–water partition coefficient (Wildman–Crippen LogP) is 6.32. The third-order valence-corrected chi connectivity index (χ3v) is 9.28. The first-order chi connectivity index (χ1) is 22.4. The molecule has 0 saturated heterocycles. The number of rotatable bonds is 10. The van der Waals surface area contributed by atoms with Gasteiger partial charge in [0.15, 0.2) is 0 Å². The summed E-state index contributed by atoms with van der Waals surface area (Å²) in [6, 6.07) is 14.0. The van der Waals surface area contributed by atoms with Crippen LogP contribution in [0.25, 0.3) is 22.0 Å². The molecule has 250 valence electrons. The summed E-state index contributed by atoms with van der Waals surface area (Å²) in [6.07, 6.45) is 5.58. The number of sulfonamides is 1. The van der Waals surface area contributed by atoms with E-state index in [0.717, 1.165) is 54.1 Å². The summed E-state index contributed by atoms with van der Waals surface area (Å²) in [4.78, 5) is 26.1. The molecule has 2 heterocycles. The number of nitrogens with one attached hydrogen (secondary N) is 3. The van der Waals surface area contributed by atoms with Crippen molar-refractivity contribution in [1.29, 1.82) is 0 Å². The van der Waals surface area contributed by atoms with E-state index in [-0.39, 0.29) is 40.5 Å². The molecule has 47 heavy (non-hydrogen) atoms. The Balaban J connectivity index is 1.31. The maximum atomic E-state index is 13.1. The van der Waals surface area contributed by atoms with Crippen molar-refractivity contribution < 1.29 is 27.4 Å². The highest BCUT2D eigenvalue weighted by Crippen LogP contribution is 2.34. The van der Waals surface area contributed by atoms with Crippen molar-refractivity contribution in [2.75, 3.05) is 24.3 Å². The number of anilines is 2. The third-order valence-electron chi connectivity index (χ3n) is 7.89. The van der Waals surface area contributed by atoms with Crippen LogP contribution in [0.4, 0.5) is 16.6 Å². The van der Waals surface area contributed by atoms with E-state index in [1.807, 2.05) is 32.9 Å². The number of para-hydroxylation sites is 1. The van der Waals surface area contributed by atoms with Gasteiger partial charge in [0.05, 0.1) is 19.7 Å². The highest BCUT2D eigenvalue weighted by molar-refractivity contribution is 7.92. The van der Waals surface area contributed by atoms with Crippen LogP contribution in [-0.4, -0.2) is 61.4 Å². The number of aryl methyl sites for hydroxylation is 1. The van der Waals surface area contributed by atoms with Gasteiger partial charge >= 0.3 is 6.09 Å². The fraction of sp³-hybridized carbons (Fsp3) is 0.412. The summed E-state index contributed by atoms with van der Waals surface area (Å²) in [5.41, 5.74) is 2.89. The Morgan fingerprint density at radius 2 is 1.68 bits per heavy atom. The number of alkyl carbamates (subject to hydrolysis) is 1. The molecule has 1 aliphatic rings.